The number of rotatable bonds is 4. The van der Waals surface area contributed by atoms with E-state index < -0.39 is 5.60 Å². The molecule has 0 saturated carbocycles. The Labute approximate surface area is 138 Å². The maximum Gasteiger partial charge on any atom is 0.107 e. The summed E-state index contributed by atoms with van der Waals surface area (Å²) in [4.78, 5) is 11.0. The lowest BCUT2D eigenvalue weighted by molar-refractivity contribution is 0.00257. The van der Waals surface area contributed by atoms with Crippen molar-refractivity contribution in [3.63, 3.8) is 0 Å². The third-order valence-electron chi connectivity index (χ3n) is 4.87. The molecule has 3 rings (SSSR count). The Balaban J connectivity index is 1.58. The molecular formula is C17H29N3OS. The second-order valence-corrected chi connectivity index (χ2v) is 8.44. The number of aromatic nitrogens is 1. The SMILES string of the molecule is CN(C)CC1(O)CCCN(Cc2nc3c(s2)CCCC3)CC1. The lowest BCUT2D eigenvalue weighted by Gasteiger charge is -2.29. The molecule has 1 atom stereocenters. The predicted octanol–water partition coefficient (Wildman–Crippen LogP) is 2.30. The van der Waals surface area contributed by atoms with Crippen molar-refractivity contribution in [2.45, 2.75) is 57.1 Å². The van der Waals surface area contributed by atoms with Crippen LogP contribution >= 0.6 is 11.3 Å². The fourth-order valence-corrected chi connectivity index (χ4v) is 5.00. The highest BCUT2D eigenvalue weighted by atomic mass is 32.1. The summed E-state index contributed by atoms with van der Waals surface area (Å²) in [5.74, 6) is 0. The van der Waals surface area contributed by atoms with E-state index in [1.807, 2.05) is 25.4 Å². The molecule has 4 nitrogen and oxygen atoms in total. The van der Waals surface area contributed by atoms with E-state index in [1.54, 1.807) is 0 Å². The molecule has 22 heavy (non-hydrogen) atoms. The number of likely N-dealkylation sites (tertiary alicyclic amines) is 1. The van der Waals surface area contributed by atoms with Crippen LogP contribution in [0, 0.1) is 0 Å². The fraction of sp³-hybridized carbons (Fsp3) is 0.824. The van der Waals surface area contributed by atoms with Crippen molar-refractivity contribution in [2.24, 2.45) is 0 Å². The normalized spacial score (nSPS) is 26.9. The van der Waals surface area contributed by atoms with Gasteiger partial charge in [-0.3, -0.25) is 4.90 Å². The van der Waals surface area contributed by atoms with Gasteiger partial charge in [-0.15, -0.1) is 11.3 Å². The van der Waals surface area contributed by atoms with Gasteiger partial charge in [-0.1, -0.05) is 0 Å². The number of hydrogen-bond acceptors (Lipinski definition) is 5. The average Bonchev–Trinajstić information content (AvgIpc) is 2.77. The predicted molar refractivity (Wildman–Crippen MR) is 91.4 cm³/mol. The van der Waals surface area contributed by atoms with Crippen molar-refractivity contribution in [3.8, 4) is 0 Å². The molecule has 1 aliphatic carbocycles. The molecule has 1 aliphatic heterocycles. The number of aliphatic hydroxyl groups is 1. The van der Waals surface area contributed by atoms with Gasteiger partial charge in [0, 0.05) is 18.0 Å². The second kappa shape index (κ2) is 6.95. The smallest absolute Gasteiger partial charge is 0.107 e. The molecule has 1 aromatic heterocycles. The van der Waals surface area contributed by atoms with E-state index in [0.29, 0.717) is 0 Å². The quantitative estimate of drug-likeness (QED) is 0.923. The largest absolute Gasteiger partial charge is 0.389 e. The number of fused-ring (bicyclic) bond motifs is 1. The van der Waals surface area contributed by atoms with Crippen LogP contribution in [-0.2, 0) is 19.4 Å². The molecule has 1 unspecified atom stereocenters. The fourth-order valence-electron chi connectivity index (χ4n) is 3.80. The van der Waals surface area contributed by atoms with Crippen LogP contribution in [0.3, 0.4) is 0 Å². The van der Waals surface area contributed by atoms with Crippen LogP contribution in [0.15, 0.2) is 0 Å². The number of aryl methyl sites for hydroxylation is 2. The van der Waals surface area contributed by atoms with Gasteiger partial charge in [0.25, 0.3) is 0 Å². The van der Waals surface area contributed by atoms with Gasteiger partial charge in [0.2, 0.25) is 0 Å². The van der Waals surface area contributed by atoms with E-state index in [4.69, 9.17) is 4.98 Å². The number of nitrogens with zero attached hydrogens (tertiary/aromatic N) is 3. The minimum Gasteiger partial charge on any atom is -0.389 e. The molecule has 2 aliphatic rings. The summed E-state index contributed by atoms with van der Waals surface area (Å²) in [6.45, 7) is 3.80. The summed E-state index contributed by atoms with van der Waals surface area (Å²) in [6, 6.07) is 0. The van der Waals surface area contributed by atoms with E-state index in [2.05, 4.69) is 9.80 Å². The molecule has 124 valence electrons. The summed E-state index contributed by atoms with van der Waals surface area (Å²) in [6.07, 6.45) is 7.90. The summed E-state index contributed by atoms with van der Waals surface area (Å²) < 4.78 is 0. The Morgan fingerprint density at radius 1 is 1.18 bits per heavy atom. The molecule has 0 amide bonds. The van der Waals surface area contributed by atoms with E-state index in [9.17, 15) is 5.11 Å². The van der Waals surface area contributed by atoms with Crippen molar-refractivity contribution < 1.29 is 5.11 Å². The van der Waals surface area contributed by atoms with Crippen molar-refractivity contribution >= 4 is 11.3 Å². The maximum atomic E-state index is 10.8. The van der Waals surface area contributed by atoms with Crippen molar-refractivity contribution in [1.82, 2.24) is 14.8 Å². The Hall–Kier alpha value is -0.490. The van der Waals surface area contributed by atoms with Crippen LogP contribution < -0.4 is 0 Å². The minimum atomic E-state index is -0.514. The minimum absolute atomic E-state index is 0.514. The average molecular weight is 324 g/mol. The first-order valence-corrected chi connectivity index (χ1v) is 9.43. The third kappa shape index (κ3) is 4.07. The van der Waals surface area contributed by atoms with E-state index in [1.165, 1.54) is 41.3 Å². The van der Waals surface area contributed by atoms with Gasteiger partial charge in [0.15, 0.2) is 0 Å². The maximum absolute atomic E-state index is 10.8. The Bertz CT molecular complexity index is 479. The van der Waals surface area contributed by atoms with Crippen LogP contribution in [-0.4, -0.2) is 59.2 Å². The Kier molecular flexibility index (Phi) is 5.17. The van der Waals surface area contributed by atoms with Gasteiger partial charge in [0.1, 0.15) is 5.01 Å². The molecule has 1 aromatic rings. The highest BCUT2D eigenvalue weighted by molar-refractivity contribution is 7.11. The number of hydrogen-bond donors (Lipinski definition) is 1. The molecule has 1 N–H and O–H groups in total. The zero-order chi connectivity index (χ0) is 15.6. The Morgan fingerprint density at radius 2 is 2.00 bits per heavy atom. The Morgan fingerprint density at radius 3 is 2.77 bits per heavy atom. The van der Waals surface area contributed by atoms with Gasteiger partial charge < -0.3 is 10.0 Å². The monoisotopic (exact) mass is 323 g/mol. The summed E-state index contributed by atoms with van der Waals surface area (Å²) in [5.41, 5.74) is 0.852. The van der Waals surface area contributed by atoms with Crippen LogP contribution in [0.2, 0.25) is 0 Å². The summed E-state index contributed by atoms with van der Waals surface area (Å²) >= 11 is 1.92. The molecule has 0 bridgehead atoms. The first kappa shape index (κ1) is 16.4. The highest BCUT2D eigenvalue weighted by Crippen LogP contribution is 2.29. The zero-order valence-electron chi connectivity index (χ0n) is 14.0. The van der Waals surface area contributed by atoms with Crippen molar-refractivity contribution in [1.29, 1.82) is 0 Å². The van der Waals surface area contributed by atoms with E-state index in [0.717, 1.165) is 45.4 Å². The molecule has 0 aromatic carbocycles. The highest BCUT2D eigenvalue weighted by Gasteiger charge is 2.31. The molecular weight excluding hydrogens is 294 g/mol. The van der Waals surface area contributed by atoms with Crippen LogP contribution in [0.5, 0.6) is 0 Å². The lowest BCUT2D eigenvalue weighted by Crippen LogP contribution is -2.40. The number of thiazole rings is 1. The number of likely N-dealkylation sites (N-methyl/N-ethyl adjacent to an activating group) is 1. The van der Waals surface area contributed by atoms with Gasteiger partial charge in [-0.2, -0.15) is 0 Å². The van der Waals surface area contributed by atoms with Gasteiger partial charge in [-0.05, 0) is 65.6 Å². The van der Waals surface area contributed by atoms with Gasteiger partial charge >= 0.3 is 0 Å². The first-order valence-electron chi connectivity index (χ1n) is 8.61. The standard InChI is InChI=1S/C17H29N3OS/c1-19(2)13-17(21)8-5-10-20(11-9-17)12-16-18-14-6-3-4-7-15(14)22-16/h21H,3-13H2,1-2H3. The molecule has 0 radical (unpaired) electrons. The molecule has 0 spiro atoms. The van der Waals surface area contributed by atoms with Crippen molar-refractivity contribution in [3.05, 3.63) is 15.6 Å². The van der Waals surface area contributed by atoms with E-state index >= 15 is 0 Å². The topological polar surface area (TPSA) is 39.6 Å². The molecule has 2 heterocycles. The molecule has 5 heteroatoms. The first-order chi connectivity index (χ1) is 10.5. The van der Waals surface area contributed by atoms with Crippen molar-refractivity contribution in [2.75, 3.05) is 33.7 Å². The summed E-state index contributed by atoms with van der Waals surface area (Å²) in [5, 5.41) is 12.0. The molecule has 1 saturated heterocycles. The zero-order valence-corrected chi connectivity index (χ0v) is 14.8. The summed E-state index contributed by atoms with van der Waals surface area (Å²) in [7, 11) is 4.08. The molecule has 1 fully saturated rings. The van der Waals surface area contributed by atoms with Crippen LogP contribution in [0.25, 0.3) is 0 Å². The lowest BCUT2D eigenvalue weighted by atomic mass is 9.94. The third-order valence-corrected chi connectivity index (χ3v) is 6.01. The van der Waals surface area contributed by atoms with Gasteiger partial charge in [0.05, 0.1) is 17.8 Å². The van der Waals surface area contributed by atoms with Crippen LogP contribution in [0.4, 0.5) is 0 Å². The second-order valence-electron chi connectivity index (χ2n) is 7.28. The van der Waals surface area contributed by atoms with E-state index in [-0.39, 0.29) is 0 Å². The van der Waals surface area contributed by atoms with Gasteiger partial charge in [-0.25, -0.2) is 4.98 Å². The van der Waals surface area contributed by atoms with Crippen LogP contribution in [0.1, 0.15) is 47.7 Å².